The first-order valence-electron chi connectivity index (χ1n) is 3.38. The molecule has 3 nitrogen and oxygen atoms in total. The largest absolute Gasteiger partial charge is 0.388 e. The van der Waals surface area contributed by atoms with Gasteiger partial charge in [-0.2, -0.15) is 18.4 Å². The number of methoxy groups -OCH3 is 1. The van der Waals surface area contributed by atoms with Gasteiger partial charge in [0.2, 0.25) is 0 Å². The van der Waals surface area contributed by atoms with E-state index in [1.807, 2.05) is 0 Å². The molecule has 13 heavy (non-hydrogen) atoms. The number of hydrogen-bond acceptors (Lipinski definition) is 3. The van der Waals surface area contributed by atoms with Crippen LogP contribution in [0.1, 0.15) is 19.3 Å². The predicted octanol–water partition coefficient (Wildman–Crippen LogP) is 2.30. The van der Waals surface area contributed by atoms with Crippen molar-refractivity contribution in [2.45, 2.75) is 25.1 Å². The monoisotopic (exact) mass is 218 g/mol. The lowest BCUT2D eigenvalue weighted by atomic mass is 11.0. The molecule has 0 unspecified atom stereocenters. The minimum absolute atomic E-state index is 0.250. The van der Waals surface area contributed by atoms with Gasteiger partial charge in [-0.3, -0.25) is 0 Å². The molecular weight excluding hydrogens is 206 g/mol. The summed E-state index contributed by atoms with van der Waals surface area (Å²) >= 11 is 3.94. The lowest BCUT2D eigenvalue weighted by Crippen LogP contribution is -1.62. The summed E-state index contributed by atoms with van der Waals surface area (Å²) < 4.78 is 24.4. The lowest BCUT2D eigenvalue weighted by Gasteiger charge is -1.66. The van der Waals surface area contributed by atoms with Crippen LogP contribution >= 0.6 is 11.6 Å². The third-order valence-corrected chi connectivity index (χ3v) is 0.354. The van der Waals surface area contributed by atoms with Gasteiger partial charge in [0.25, 0.3) is 0 Å². The first-order valence-corrected chi connectivity index (χ1v) is 3.82. The van der Waals surface area contributed by atoms with Gasteiger partial charge in [0, 0.05) is 14.2 Å². The van der Waals surface area contributed by atoms with E-state index in [2.05, 4.69) is 16.3 Å². The van der Waals surface area contributed by atoms with Crippen LogP contribution in [0, 0.1) is 0 Å². The van der Waals surface area contributed by atoms with Crippen molar-refractivity contribution in [3.05, 3.63) is 0 Å². The van der Waals surface area contributed by atoms with Gasteiger partial charge in [0.15, 0.2) is 0 Å². The molecule has 0 bridgehead atoms. The zero-order valence-corrected chi connectivity index (χ0v) is 8.31. The van der Waals surface area contributed by atoms with E-state index in [1.165, 1.54) is 19.3 Å². The van der Waals surface area contributed by atoms with E-state index in [4.69, 9.17) is 9.59 Å². The maximum absolute atomic E-state index is 10.1. The van der Waals surface area contributed by atoms with Gasteiger partial charge in [-0.1, -0.05) is 30.9 Å². The van der Waals surface area contributed by atoms with Gasteiger partial charge in [-0.05, 0) is 0 Å². The van der Waals surface area contributed by atoms with Gasteiger partial charge in [0.1, 0.15) is 0 Å². The number of carbonyl (C=O) groups excluding carboxylic acids is 2. The van der Waals surface area contributed by atoms with Crippen LogP contribution in [-0.2, 0) is 14.3 Å². The van der Waals surface area contributed by atoms with Crippen molar-refractivity contribution in [1.29, 1.82) is 0 Å². The van der Waals surface area contributed by atoms with Crippen LogP contribution in [0.4, 0.5) is 8.78 Å². The first kappa shape index (κ1) is 18.3. The summed E-state index contributed by atoms with van der Waals surface area (Å²) in [6.45, 7) is 0. The number of ether oxygens (including phenoxy) is 1. The first-order chi connectivity index (χ1) is 6.06. The van der Waals surface area contributed by atoms with Crippen molar-refractivity contribution in [1.82, 2.24) is 0 Å². The SMILES string of the molecule is C1CC1.COC.FC(F)Cl.O=C=O. The number of hydrogen-bond donors (Lipinski definition) is 0. The van der Waals surface area contributed by atoms with E-state index in [0.717, 1.165) is 0 Å². The molecule has 1 aliphatic carbocycles. The molecule has 0 aromatic heterocycles. The van der Waals surface area contributed by atoms with Crippen molar-refractivity contribution in [3.8, 4) is 0 Å². The summed E-state index contributed by atoms with van der Waals surface area (Å²) in [5.41, 5.74) is 0. The Hall–Kier alpha value is -0.510. The van der Waals surface area contributed by atoms with E-state index in [1.54, 1.807) is 14.2 Å². The fourth-order valence-electron chi connectivity index (χ4n) is 0. The molecule has 1 saturated carbocycles. The standard InChI is InChI=1S/C3H6.C2H6O.CHClF2.CO2/c1-2-3-1;1-3-2;2-1(3)4;2-1-3/h1-3H2;1-2H3;1H;. The minimum Gasteiger partial charge on any atom is -0.388 e. The summed E-state index contributed by atoms with van der Waals surface area (Å²) in [6, 6.07) is 0. The Morgan fingerprint density at radius 3 is 1.31 bits per heavy atom. The van der Waals surface area contributed by atoms with Crippen LogP contribution in [0.2, 0.25) is 0 Å². The van der Waals surface area contributed by atoms with Crippen LogP contribution in [0.25, 0.3) is 0 Å². The highest BCUT2D eigenvalue weighted by molar-refractivity contribution is 6.18. The van der Waals surface area contributed by atoms with E-state index in [9.17, 15) is 8.78 Å². The highest BCUT2D eigenvalue weighted by Gasteiger charge is 1.95. The lowest BCUT2D eigenvalue weighted by molar-refractivity contribution is -0.191. The maximum atomic E-state index is 10.1. The fourth-order valence-corrected chi connectivity index (χ4v) is 0. The molecule has 0 radical (unpaired) electrons. The predicted molar refractivity (Wildman–Crippen MR) is 43.6 cm³/mol. The fraction of sp³-hybridized carbons (Fsp3) is 0.857. The van der Waals surface area contributed by atoms with Crippen LogP contribution in [-0.4, -0.2) is 26.3 Å². The normalized spacial score (nSPS) is 10.3. The van der Waals surface area contributed by atoms with E-state index in [-0.39, 0.29) is 6.15 Å². The molecule has 6 heteroatoms. The Labute approximate surface area is 81.0 Å². The number of rotatable bonds is 0. The summed E-state index contributed by atoms with van der Waals surface area (Å²) in [6.07, 6.45) is 4.75. The van der Waals surface area contributed by atoms with Crippen molar-refractivity contribution in [2.24, 2.45) is 0 Å². The summed E-state index contributed by atoms with van der Waals surface area (Å²) in [5, 5.41) is 0. The zero-order valence-electron chi connectivity index (χ0n) is 7.56. The highest BCUT2D eigenvalue weighted by atomic mass is 35.5. The molecule has 0 spiro atoms. The van der Waals surface area contributed by atoms with Gasteiger partial charge >= 0.3 is 12.0 Å². The Bertz CT molecular complexity index is 98.4. The average Bonchev–Trinajstić information content (AvgIpc) is 2.70. The Morgan fingerprint density at radius 1 is 1.23 bits per heavy atom. The smallest absolute Gasteiger partial charge is 0.373 e. The van der Waals surface area contributed by atoms with Crippen LogP contribution in [0.3, 0.4) is 0 Å². The van der Waals surface area contributed by atoms with E-state index >= 15 is 0 Å². The molecule has 0 aromatic carbocycles. The molecular formula is C7H13ClF2O3. The third kappa shape index (κ3) is 4310. The van der Waals surface area contributed by atoms with Gasteiger partial charge in [0.05, 0.1) is 0 Å². The quantitative estimate of drug-likeness (QED) is 0.586. The Morgan fingerprint density at radius 2 is 1.31 bits per heavy atom. The van der Waals surface area contributed by atoms with Gasteiger partial charge in [-0.25, -0.2) is 0 Å². The van der Waals surface area contributed by atoms with Crippen molar-refractivity contribution in [2.75, 3.05) is 14.2 Å². The van der Waals surface area contributed by atoms with Crippen molar-refractivity contribution in [3.63, 3.8) is 0 Å². The molecule has 1 rings (SSSR count). The Balaban J connectivity index is -0.000000103. The maximum Gasteiger partial charge on any atom is 0.373 e. The summed E-state index contributed by atoms with van der Waals surface area (Å²) in [5.74, 6) is -2.69. The van der Waals surface area contributed by atoms with Gasteiger partial charge < -0.3 is 4.74 Å². The molecule has 1 fully saturated rings. The molecule has 0 heterocycles. The second-order valence-corrected chi connectivity index (χ2v) is 2.13. The third-order valence-electron chi connectivity index (χ3n) is 0.354. The van der Waals surface area contributed by atoms with E-state index < -0.39 is 5.88 Å². The summed E-state index contributed by atoms with van der Waals surface area (Å²) in [4.78, 5) is 16.2. The average molecular weight is 219 g/mol. The van der Waals surface area contributed by atoms with Gasteiger partial charge in [-0.15, -0.1) is 0 Å². The highest BCUT2D eigenvalue weighted by Crippen LogP contribution is 2.14. The molecule has 0 atom stereocenters. The van der Waals surface area contributed by atoms with Crippen LogP contribution < -0.4 is 0 Å². The second-order valence-electron chi connectivity index (χ2n) is 1.80. The van der Waals surface area contributed by atoms with Crippen molar-refractivity contribution < 1.29 is 23.1 Å². The Kier molecular flexibility index (Phi) is 31.7. The molecule has 1 aliphatic rings. The molecule has 0 aromatic rings. The molecule has 0 N–H and O–H groups in total. The van der Waals surface area contributed by atoms with E-state index in [0.29, 0.717) is 0 Å². The molecule has 0 aliphatic heterocycles. The topological polar surface area (TPSA) is 43.4 Å². The van der Waals surface area contributed by atoms with Crippen molar-refractivity contribution >= 4 is 17.8 Å². The molecule has 0 amide bonds. The molecule has 80 valence electrons. The number of alkyl halides is 3. The number of halogens is 3. The minimum atomic E-state index is -2.69. The van der Waals surface area contributed by atoms with Crippen LogP contribution in [0.5, 0.6) is 0 Å². The molecule has 0 saturated heterocycles. The van der Waals surface area contributed by atoms with Crippen LogP contribution in [0.15, 0.2) is 0 Å². The zero-order chi connectivity index (χ0) is 11.1. The second kappa shape index (κ2) is 22.5. The summed E-state index contributed by atoms with van der Waals surface area (Å²) in [7, 11) is 3.25.